The number of carbonyl (C=O) groups excluding carboxylic acids is 4. The Labute approximate surface area is 456 Å². The molecule has 440 valence electrons. The van der Waals surface area contributed by atoms with Crippen molar-refractivity contribution in [2.75, 3.05) is 58.7 Å². The quantitative estimate of drug-likeness (QED) is 0.0222. The Morgan fingerprint density at radius 3 is 1.73 bits per heavy atom. The molecule has 8 saturated heterocycles. The second-order valence-corrected chi connectivity index (χ2v) is 26.1. The lowest BCUT2D eigenvalue weighted by Crippen LogP contribution is -2.70. The zero-order chi connectivity index (χ0) is 55.2. The number of rotatable bonds is 28. The third kappa shape index (κ3) is 13.6. The van der Waals surface area contributed by atoms with Crippen LogP contribution in [0.2, 0.25) is 0 Å². The number of unbranched alkanes of at least 4 members (excludes halogenated alkanes) is 2. The number of carbonyl (C=O) groups is 4. The highest BCUT2D eigenvalue weighted by molar-refractivity contribution is 7.53. The smallest absolute Gasteiger partial charge is 0.330 e. The van der Waals surface area contributed by atoms with E-state index in [4.69, 9.17) is 52.3 Å². The average molecular weight is 1110 g/mol. The number of hydroxylamine groups is 2. The topological polar surface area (TPSA) is 238 Å². The Morgan fingerprint density at radius 1 is 0.623 bits per heavy atom. The highest BCUT2D eigenvalue weighted by Gasteiger charge is 2.71. The maximum atomic E-state index is 13.7. The summed E-state index contributed by atoms with van der Waals surface area (Å²) in [5.74, 6) is -0.929. The summed E-state index contributed by atoms with van der Waals surface area (Å²) in [5, 5.41) is 17.1. The van der Waals surface area contributed by atoms with Crippen LogP contribution in [0, 0.1) is 47.3 Å². The first-order chi connectivity index (χ1) is 36.8. The van der Waals surface area contributed by atoms with Crippen molar-refractivity contribution in [1.82, 2.24) is 20.6 Å². The molecule has 0 unspecified atom stereocenters. The number of ether oxygens (including phenoxy) is 5. The van der Waals surface area contributed by atoms with Crippen molar-refractivity contribution in [2.24, 2.45) is 47.3 Å². The maximum Gasteiger partial charge on any atom is 0.330 e. The molecule has 0 aromatic carbocycles. The van der Waals surface area contributed by atoms with Crippen molar-refractivity contribution < 1.29 is 81.2 Å². The summed E-state index contributed by atoms with van der Waals surface area (Å²) in [5.41, 5.74) is -1.33. The van der Waals surface area contributed by atoms with Crippen molar-refractivity contribution in [3.05, 3.63) is 0 Å². The average Bonchev–Trinajstić information content (AvgIpc) is 4.08. The van der Waals surface area contributed by atoms with Gasteiger partial charge in [0.15, 0.2) is 30.1 Å². The summed E-state index contributed by atoms with van der Waals surface area (Å²) in [4.78, 5) is 79.0. The van der Waals surface area contributed by atoms with E-state index in [-0.39, 0.29) is 118 Å². The highest BCUT2D eigenvalue weighted by atomic mass is 31.2. The molecule has 2 saturated carbocycles. The van der Waals surface area contributed by atoms with E-state index in [0.717, 1.165) is 51.4 Å². The van der Waals surface area contributed by atoms with Crippen molar-refractivity contribution in [3.63, 3.8) is 0 Å². The van der Waals surface area contributed by atoms with E-state index in [1.807, 2.05) is 13.8 Å². The Balaban J connectivity index is 0.764. The van der Waals surface area contributed by atoms with Gasteiger partial charge in [-0.05, 0) is 134 Å². The minimum absolute atomic E-state index is 0.0000887. The van der Waals surface area contributed by atoms with Crippen LogP contribution in [0.5, 0.6) is 0 Å². The van der Waals surface area contributed by atoms with Crippen molar-refractivity contribution in [2.45, 2.75) is 219 Å². The van der Waals surface area contributed by atoms with Crippen LogP contribution < -0.4 is 10.6 Å². The van der Waals surface area contributed by atoms with Gasteiger partial charge < -0.3 is 48.3 Å². The monoisotopic (exact) mass is 1110 g/mol. The predicted molar refractivity (Wildman–Crippen MR) is 278 cm³/mol. The number of hydrogen-bond donors (Lipinski definition) is 3. The Morgan fingerprint density at radius 2 is 1.16 bits per heavy atom. The maximum absolute atomic E-state index is 13.7. The summed E-state index contributed by atoms with van der Waals surface area (Å²) in [6.07, 6.45) is 8.91. The van der Waals surface area contributed by atoms with E-state index < -0.39 is 55.1 Å². The lowest BCUT2D eigenvalue weighted by molar-refractivity contribution is -0.577. The number of hydrogen-bond acceptors (Lipinski definition) is 17. The summed E-state index contributed by atoms with van der Waals surface area (Å²) in [6.45, 7) is 18.2. The van der Waals surface area contributed by atoms with Crippen molar-refractivity contribution in [1.29, 1.82) is 0 Å². The lowest BCUT2D eigenvalue weighted by Gasteiger charge is -2.60. The fraction of sp³-hybridized carbons (Fsp3) is 0.927. The fourth-order valence-corrected chi connectivity index (χ4v) is 16.0. The first kappa shape index (κ1) is 60.7. The number of nitrogens with zero attached hydrogens (tertiary/aromatic N) is 2. The van der Waals surface area contributed by atoms with Gasteiger partial charge in [-0.15, -0.1) is 0 Å². The SMILES string of the molecule is CCOP(=O)(CCCN(O)C(=O)CCC(=O)N(CCCCNC(=O)CCO[C@H]1O[C@@H]2O[C@]3(C)CC[C@H]4[C@H](C)CC[C@@H]([C@H]1C)[C@@]24OO3)CCCCNC(=O)CC[C@@H]1O[C@@H]2O[C@@]3(C)CC[C@@H]4[C@@H](C)CC[C@@H]([C@@H]1C)[C@]24OO3)OCC. The third-order valence-electron chi connectivity index (χ3n) is 18.7. The second kappa shape index (κ2) is 26.3. The van der Waals surface area contributed by atoms with Gasteiger partial charge in [0.2, 0.25) is 35.2 Å². The Hall–Kier alpha value is -2.37. The van der Waals surface area contributed by atoms with Crippen LogP contribution in [0.3, 0.4) is 0 Å². The van der Waals surface area contributed by atoms with Crippen LogP contribution in [-0.4, -0.2) is 145 Å². The van der Waals surface area contributed by atoms with Gasteiger partial charge in [-0.2, -0.15) is 0 Å². The molecule has 10 aliphatic rings. The van der Waals surface area contributed by atoms with E-state index in [1.54, 1.807) is 18.7 Å². The molecular formula is C55H93N4O17P. The van der Waals surface area contributed by atoms with Gasteiger partial charge >= 0.3 is 7.60 Å². The second-order valence-electron chi connectivity index (χ2n) is 23.9. The molecule has 16 atom stereocenters. The zero-order valence-electron chi connectivity index (χ0n) is 47.3. The number of fused-ring (bicyclic) bond motifs is 4. The van der Waals surface area contributed by atoms with Crippen LogP contribution in [0.25, 0.3) is 0 Å². The van der Waals surface area contributed by atoms with E-state index in [9.17, 15) is 29.0 Å². The number of amides is 4. The summed E-state index contributed by atoms with van der Waals surface area (Å²) in [6, 6.07) is 0. The van der Waals surface area contributed by atoms with E-state index in [1.165, 1.54) is 0 Å². The summed E-state index contributed by atoms with van der Waals surface area (Å²) >= 11 is 0. The standard InChI is InChI=1S/C55H93N4O17P/c1-9-67-77(65,68-10-2)35-15-33-59(64)48(63)23-22-47(62)58(31-13-11-29-56-45(60)21-20-44-38(5)42-18-16-36(3)40-24-27-52(7)71-50(69-44)54(40,42)75-73-52)32-14-12-30-57-46(61)26-34-66-49-39(6)43-19-17-37(4)41-25-28-53(8)72-51(70-49)55(41,43)76-74-53/h36-44,49-51,64H,9-35H2,1-8H3,(H,56,60)(H,57,61)/t36-,37+,38-,39+,40+,41-,42-,43-,44-,49-,50+,51+,52+,53-,54-,55+/m0/s1. The molecule has 8 aliphatic heterocycles. The molecule has 0 radical (unpaired) electrons. The molecule has 21 nitrogen and oxygen atoms in total. The van der Waals surface area contributed by atoms with Gasteiger partial charge in [-0.25, -0.2) is 24.6 Å². The fourth-order valence-electron chi connectivity index (χ4n) is 14.4. The molecule has 0 aromatic rings. The molecule has 10 rings (SSSR count). The predicted octanol–water partition coefficient (Wildman–Crippen LogP) is 7.91. The van der Waals surface area contributed by atoms with Crippen LogP contribution in [-0.2, 0) is 76.0 Å². The number of nitrogens with one attached hydrogen (secondary N) is 2. The van der Waals surface area contributed by atoms with E-state index >= 15 is 0 Å². The molecular weight excluding hydrogens is 1020 g/mol. The Kier molecular flexibility index (Phi) is 20.7. The van der Waals surface area contributed by atoms with Gasteiger partial charge in [0.1, 0.15) is 0 Å². The molecule has 77 heavy (non-hydrogen) atoms. The molecule has 3 N–H and O–H groups in total. The summed E-state index contributed by atoms with van der Waals surface area (Å²) in [7, 11) is -3.34. The van der Waals surface area contributed by atoms with Gasteiger partial charge in [-0.1, -0.05) is 27.7 Å². The molecule has 10 fully saturated rings. The van der Waals surface area contributed by atoms with Crippen LogP contribution in [0.1, 0.15) is 171 Å². The third-order valence-corrected chi connectivity index (χ3v) is 20.8. The molecule has 2 aliphatic carbocycles. The molecule has 4 amide bonds. The van der Waals surface area contributed by atoms with Crippen molar-refractivity contribution >= 4 is 31.2 Å². The van der Waals surface area contributed by atoms with Crippen molar-refractivity contribution in [3.8, 4) is 0 Å². The van der Waals surface area contributed by atoms with Gasteiger partial charge in [0.25, 0.3) is 0 Å². The Bertz CT molecular complexity index is 2050. The van der Waals surface area contributed by atoms with Gasteiger partial charge in [0.05, 0.1) is 38.5 Å². The molecule has 22 heteroatoms. The van der Waals surface area contributed by atoms with E-state index in [2.05, 4.69) is 38.3 Å². The zero-order valence-corrected chi connectivity index (χ0v) is 48.2. The lowest BCUT2D eigenvalue weighted by atomic mass is 9.57. The molecule has 0 aromatic heterocycles. The first-order valence-electron chi connectivity index (χ1n) is 29.5. The molecule has 8 heterocycles. The summed E-state index contributed by atoms with van der Waals surface area (Å²) < 4.78 is 55.8. The largest absolute Gasteiger partial charge is 0.356 e. The minimum atomic E-state index is -3.34. The van der Waals surface area contributed by atoms with E-state index in [0.29, 0.717) is 81.6 Å². The van der Waals surface area contributed by atoms with Gasteiger partial charge in [-0.3, -0.25) is 29.0 Å². The van der Waals surface area contributed by atoms with Crippen LogP contribution in [0.15, 0.2) is 0 Å². The van der Waals surface area contributed by atoms with Gasteiger partial charge in [0, 0.05) is 82.6 Å². The highest BCUT2D eigenvalue weighted by Crippen LogP contribution is 2.62. The van der Waals surface area contributed by atoms with Crippen LogP contribution >= 0.6 is 7.60 Å². The molecule has 4 bridgehead atoms. The molecule has 2 spiro atoms. The minimum Gasteiger partial charge on any atom is -0.356 e. The first-order valence-corrected chi connectivity index (χ1v) is 31.2. The van der Waals surface area contributed by atoms with Crippen LogP contribution in [0.4, 0.5) is 0 Å². The normalized spacial score (nSPS) is 37.9.